The molecule has 1 aliphatic rings. The third kappa shape index (κ3) is 1.76. The van der Waals surface area contributed by atoms with Crippen LogP contribution >= 0.6 is 0 Å². The minimum absolute atomic E-state index is 0.127. The molecular weight excluding hydrogens is 170 g/mol. The summed E-state index contributed by atoms with van der Waals surface area (Å²) in [6.45, 7) is -0.127. The molecule has 0 radical (unpaired) electrons. The van der Waals surface area contributed by atoms with Gasteiger partial charge >= 0.3 is 0 Å². The number of nitrogens with zero attached hydrogens (tertiary/aromatic N) is 1. The Morgan fingerprint density at radius 2 is 2.18 bits per heavy atom. The van der Waals surface area contributed by atoms with Crippen LogP contribution in [0.1, 0.15) is 0 Å². The normalized spacial score (nSPS) is 22.2. The van der Waals surface area contributed by atoms with Gasteiger partial charge in [0.15, 0.2) is 9.84 Å². The lowest BCUT2D eigenvalue weighted by molar-refractivity contribution is -0.128. The lowest BCUT2D eigenvalue weighted by Crippen LogP contribution is -2.27. The van der Waals surface area contributed by atoms with Crippen LogP contribution in [0.3, 0.4) is 0 Å². The Bertz CT molecular complexity index is 281. The third-order valence-electron chi connectivity index (χ3n) is 1.34. The Hall–Kier alpha value is -0.910. The summed E-state index contributed by atoms with van der Waals surface area (Å²) in [5.74, 6) is -1.26. The van der Waals surface area contributed by atoms with E-state index in [0.29, 0.717) is 6.29 Å². The van der Waals surface area contributed by atoms with Crippen molar-refractivity contribution < 1.29 is 18.0 Å². The number of carbonyl (C=O) groups is 2. The van der Waals surface area contributed by atoms with Crippen molar-refractivity contribution in [2.24, 2.45) is 0 Å². The standard InChI is InChI=1S/C5H7NO4S/c7-2-1-6-4-11(9,10)3-5(6)8/h2H,1,3-4H2. The fraction of sp³-hybridized carbons (Fsp3) is 0.600. The van der Waals surface area contributed by atoms with E-state index < -0.39 is 21.5 Å². The van der Waals surface area contributed by atoms with Crippen LogP contribution in [0.2, 0.25) is 0 Å². The van der Waals surface area contributed by atoms with Crippen molar-refractivity contribution in [3.8, 4) is 0 Å². The second-order valence-electron chi connectivity index (χ2n) is 2.30. The van der Waals surface area contributed by atoms with Gasteiger partial charge < -0.3 is 9.69 Å². The summed E-state index contributed by atoms with van der Waals surface area (Å²) in [5.41, 5.74) is 0. The lowest BCUT2D eigenvalue weighted by Gasteiger charge is -2.07. The number of hydrogen-bond donors (Lipinski definition) is 0. The van der Waals surface area contributed by atoms with E-state index in [9.17, 15) is 18.0 Å². The topological polar surface area (TPSA) is 71.5 Å². The quantitative estimate of drug-likeness (QED) is 0.476. The first-order chi connectivity index (χ1) is 5.05. The first-order valence-electron chi connectivity index (χ1n) is 2.97. The number of amides is 1. The molecule has 5 nitrogen and oxygen atoms in total. The SMILES string of the molecule is O=CCN1CS(=O)(=O)CC1=O. The van der Waals surface area contributed by atoms with Crippen molar-refractivity contribution in [2.45, 2.75) is 0 Å². The Kier molecular flexibility index (Phi) is 1.95. The van der Waals surface area contributed by atoms with E-state index in [-0.39, 0.29) is 12.4 Å². The van der Waals surface area contributed by atoms with E-state index in [1.54, 1.807) is 0 Å². The van der Waals surface area contributed by atoms with Gasteiger partial charge in [-0.2, -0.15) is 0 Å². The highest BCUT2D eigenvalue weighted by atomic mass is 32.2. The molecule has 0 spiro atoms. The van der Waals surface area contributed by atoms with Gasteiger partial charge in [-0.05, 0) is 0 Å². The molecule has 1 amide bonds. The summed E-state index contributed by atoms with van der Waals surface area (Å²) < 4.78 is 21.5. The molecule has 1 fully saturated rings. The van der Waals surface area contributed by atoms with Gasteiger partial charge in [0, 0.05) is 0 Å². The molecule has 62 valence electrons. The van der Waals surface area contributed by atoms with Gasteiger partial charge in [-0.1, -0.05) is 0 Å². The van der Waals surface area contributed by atoms with E-state index >= 15 is 0 Å². The van der Waals surface area contributed by atoms with Crippen molar-refractivity contribution in [1.82, 2.24) is 4.90 Å². The lowest BCUT2D eigenvalue weighted by atomic mass is 10.5. The maximum Gasteiger partial charge on any atom is 0.239 e. The van der Waals surface area contributed by atoms with E-state index in [2.05, 4.69) is 0 Å². The van der Waals surface area contributed by atoms with Crippen LogP contribution in [-0.4, -0.2) is 43.7 Å². The van der Waals surface area contributed by atoms with E-state index in [4.69, 9.17) is 0 Å². The zero-order valence-electron chi connectivity index (χ0n) is 5.69. The van der Waals surface area contributed by atoms with Crippen LogP contribution in [0.25, 0.3) is 0 Å². The summed E-state index contributed by atoms with van der Waals surface area (Å²) in [6.07, 6.45) is 0.513. The molecule has 0 saturated carbocycles. The molecule has 0 aromatic rings. The molecule has 0 aromatic carbocycles. The number of carbonyl (C=O) groups excluding carboxylic acids is 2. The van der Waals surface area contributed by atoms with Gasteiger partial charge in [0.05, 0.1) is 6.54 Å². The Balaban J connectivity index is 2.74. The minimum atomic E-state index is -3.25. The molecule has 0 unspecified atom stereocenters. The third-order valence-corrected chi connectivity index (χ3v) is 2.74. The molecule has 0 bridgehead atoms. The molecule has 11 heavy (non-hydrogen) atoms. The predicted octanol–water partition coefficient (Wildman–Crippen LogP) is -1.60. The number of aldehydes is 1. The van der Waals surface area contributed by atoms with Gasteiger partial charge in [0.2, 0.25) is 5.91 Å². The van der Waals surface area contributed by atoms with E-state index in [1.165, 1.54) is 0 Å². The molecular formula is C5H7NO4S. The average Bonchev–Trinajstić information content (AvgIpc) is 2.07. The maximum absolute atomic E-state index is 10.8. The minimum Gasteiger partial charge on any atom is -0.320 e. The Morgan fingerprint density at radius 3 is 2.55 bits per heavy atom. The molecule has 1 saturated heterocycles. The fourth-order valence-corrected chi connectivity index (χ4v) is 2.25. The molecule has 1 aliphatic heterocycles. The van der Waals surface area contributed by atoms with Gasteiger partial charge in [-0.25, -0.2) is 8.42 Å². The first-order valence-corrected chi connectivity index (χ1v) is 4.79. The van der Waals surface area contributed by atoms with Gasteiger partial charge in [0.25, 0.3) is 0 Å². The summed E-state index contributed by atoms with van der Waals surface area (Å²) >= 11 is 0. The highest BCUT2D eigenvalue weighted by Gasteiger charge is 2.32. The van der Waals surface area contributed by atoms with Crippen LogP contribution in [0.4, 0.5) is 0 Å². The highest BCUT2D eigenvalue weighted by Crippen LogP contribution is 2.06. The van der Waals surface area contributed by atoms with Crippen molar-refractivity contribution in [2.75, 3.05) is 18.2 Å². The Morgan fingerprint density at radius 1 is 1.55 bits per heavy atom. The highest BCUT2D eigenvalue weighted by molar-refractivity contribution is 7.92. The second kappa shape index (κ2) is 2.61. The number of sulfone groups is 1. The zero-order chi connectivity index (χ0) is 8.48. The molecule has 6 heteroatoms. The molecule has 0 aliphatic carbocycles. The molecule has 1 rings (SSSR count). The van der Waals surface area contributed by atoms with E-state index in [0.717, 1.165) is 4.90 Å². The summed E-state index contributed by atoms with van der Waals surface area (Å²) in [5, 5.41) is 0. The van der Waals surface area contributed by atoms with Crippen LogP contribution < -0.4 is 0 Å². The zero-order valence-corrected chi connectivity index (χ0v) is 6.50. The van der Waals surface area contributed by atoms with Crippen molar-refractivity contribution in [3.63, 3.8) is 0 Å². The number of rotatable bonds is 2. The predicted molar refractivity (Wildman–Crippen MR) is 36.4 cm³/mol. The van der Waals surface area contributed by atoms with Crippen LogP contribution in [0.15, 0.2) is 0 Å². The van der Waals surface area contributed by atoms with Crippen LogP contribution in [0.5, 0.6) is 0 Å². The summed E-state index contributed by atoms with van der Waals surface area (Å²) in [4.78, 5) is 21.7. The largest absolute Gasteiger partial charge is 0.320 e. The fourth-order valence-electron chi connectivity index (χ4n) is 0.879. The van der Waals surface area contributed by atoms with Crippen LogP contribution in [0, 0.1) is 0 Å². The molecule has 1 heterocycles. The van der Waals surface area contributed by atoms with Gasteiger partial charge in [0.1, 0.15) is 17.9 Å². The molecule has 0 atom stereocenters. The smallest absolute Gasteiger partial charge is 0.239 e. The van der Waals surface area contributed by atoms with Crippen molar-refractivity contribution >= 4 is 22.0 Å². The summed E-state index contributed by atoms with van der Waals surface area (Å²) in [6, 6.07) is 0. The number of hydrogen-bond acceptors (Lipinski definition) is 4. The van der Waals surface area contributed by atoms with Crippen molar-refractivity contribution in [1.29, 1.82) is 0 Å². The van der Waals surface area contributed by atoms with Gasteiger partial charge in [-0.3, -0.25) is 4.79 Å². The Labute approximate surface area is 63.9 Å². The van der Waals surface area contributed by atoms with Gasteiger partial charge in [-0.15, -0.1) is 0 Å². The maximum atomic E-state index is 10.8. The van der Waals surface area contributed by atoms with Crippen molar-refractivity contribution in [3.05, 3.63) is 0 Å². The summed E-state index contributed by atoms with van der Waals surface area (Å²) in [7, 11) is -3.25. The molecule has 0 aromatic heterocycles. The monoisotopic (exact) mass is 177 g/mol. The second-order valence-corrected chi connectivity index (χ2v) is 4.33. The van der Waals surface area contributed by atoms with Crippen LogP contribution in [-0.2, 0) is 19.4 Å². The van der Waals surface area contributed by atoms with E-state index in [1.807, 2.05) is 0 Å². The average molecular weight is 177 g/mol. The first kappa shape index (κ1) is 8.19. The molecule has 0 N–H and O–H groups in total.